The SMILES string of the molecule is COc1ccc(N2CCN(c3cccc(-c4sc(N5CCOCC5)nc4-c4ccnc(N)n4)c3)C2=O)cc1. The summed E-state index contributed by atoms with van der Waals surface area (Å²) in [6.07, 6.45) is 1.64. The van der Waals surface area contributed by atoms with Gasteiger partial charge in [-0.1, -0.05) is 23.5 Å². The number of hydrogen-bond acceptors (Lipinski definition) is 9. The van der Waals surface area contributed by atoms with Crippen LogP contribution in [0.3, 0.4) is 0 Å². The van der Waals surface area contributed by atoms with Gasteiger partial charge in [-0.25, -0.2) is 19.7 Å². The molecule has 0 saturated carbocycles. The van der Waals surface area contributed by atoms with E-state index in [2.05, 4.69) is 14.9 Å². The Bertz CT molecular complexity index is 1450. The molecule has 194 valence electrons. The van der Waals surface area contributed by atoms with Gasteiger partial charge in [-0.05, 0) is 48.0 Å². The van der Waals surface area contributed by atoms with Crippen molar-refractivity contribution in [1.82, 2.24) is 15.0 Å². The highest BCUT2D eigenvalue weighted by Gasteiger charge is 2.31. The summed E-state index contributed by atoms with van der Waals surface area (Å²) in [5.41, 5.74) is 9.95. The van der Waals surface area contributed by atoms with Crippen molar-refractivity contribution in [3.05, 3.63) is 60.8 Å². The molecule has 2 amide bonds. The van der Waals surface area contributed by atoms with Crippen molar-refractivity contribution in [2.75, 3.05) is 66.9 Å². The lowest BCUT2D eigenvalue weighted by molar-refractivity contribution is 0.122. The van der Waals surface area contributed by atoms with Crippen LogP contribution in [0.1, 0.15) is 0 Å². The lowest BCUT2D eigenvalue weighted by Gasteiger charge is -2.26. The number of hydrogen-bond donors (Lipinski definition) is 1. The highest BCUT2D eigenvalue weighted by atomic mass is 32.1. The monoisotopic (exact) mass is 529 g/mol. The van der Waals surface area contributed by atoms with E-state index in [0.717, 1.165) is 51.5 Å². The van der Waals surface area contributed by atoms with Crippen molar-refractivity contribution in [2.24, 2.45) is 0 Å². The number of amides is 2. The van der Waals surface area contributed by atoms with E-state index in [1.165, 1.54) is 0 Å². The molecule has 38 heavy (non-hydrogen) atoms. The third-order valence-corrected chi connectivity index (χ3v) is 7.79. The van der Waals surface area contributed by atoms with Crippen LogP contribution in [0.15, 0.2) is 60.8 Å². The van der Waals surface area contributed by atoms with Crippen LogP contribution in [0.25, 0.3) is 21.8 Å². The molecule has 2 aliphatic heterocycles. The zero-order valence-electron chi connectivity index (χ0n) is 20.9. The molecule has 2 aliphatic rings. The number of aromatic nitrogens is 3. The first-order valence-electron chi connectivity index (χ1n) is 12.4. The van der Waals surface area contributed by atoms with Gasteiger partial charge >= 0.3 is 6.03 Å². The number of nitrogens with zero attached hydrogens (tertiary/aromatic N) is 6. The van der Waals surface area contributed by atoms with E-state index < -0.39 is 0 Å². The number of morpholine rings is 1. The van der Waals surface area contributed by atoms with Crippen LogP contribution in [-0.2, 0) is 4.74 Å². The number of nitrogen functional groups attached to an aromatic ring is 1. The van der Waals surface area contributed by atoms with Gasteiger partial charge in [0.15, 0.2) is 5.13 Å². The predicted octanol–water partition coefficient (Wildman–Crippen LogP) is 4.14. The molecule has 2 aromatic heterocycles. The smallest absolute Gasteiger partial charge is 0.329 e. The predicted molar refractivity (Wildman–Crippen MR) is 149 cm³/mol. The van der Waals surface area contributed by atoms with Gasteiger partial charge in [-0.15, -0.1) is 0 Å². The number of thiazole rings is 1. The fourth-order valence-electron chi connectivity index (χ4n) is 4.67. The molecule has 0 radical (unpaired) electrons. The molecule has 2 saturated heterocycles. The van der Waals surface area contributed by atoms with Gasteiger partial charge in [-0.2, -0.15) is 0 Å². The van der Waals surface area contributed by atoms with Crippen molar-refractivity contribution in [2.45, 2.75) is 0 Å². The first-order valence-corrected chi connectivity index (χ1v) is 13.2. The molecule has 4 heterocycles. The molecule has 6 rings (SSSR count). The highest BCUT2D eigenvalue weighted by molar-refractivity contribution is 7.19. The lowest BCUT2D eigenvalue weighted by atomic mass is 10.1. The molecular weight excluding hydrogens is 502 g/mol. The van der Waals surface area contributed by atoms with Crippen molar-refractivity contribution in [3.8, 4) is 27.6 Å². The highest BCUT2D eigenvalue weighted by Crippen LogP contribution is 2.41. The fourth-order valence-corrected chi connectivity index (χ4v) is 5.79. The van der Waals surface area contributed by atoms with Crippen LogP contribution in [0, 0.1) is 0 Å². The topological polar surface area (TPSA) is 110 Å². The summed E-state index contributed by atoms with van der Waals surface area (Å²) in [4.78, 5) is 33.6. The maximum Gasteiger partial charge on any atom is 0.329 e. The van der Waals surface area contributed by atoms with E-state index in [9.17, 15) is 4.79 Å². The summed E-state index contributed by atoms with van der Waals surface area (Å²) in [6, 6.07) is 17.3. The van der Waals surface area contributed by atoms with Gasteiger partial charge in [0, 0.05) is 43.8 Å². The molecule has 0 atom stereocenters. The average Bonchev–Trinajstić information content (AvgIpc) is 3.58. The van der Waals surface area contributed by atoms with Crippen LogP contribution in [0.4, 0.5) is 27.2 Å². The minimum atomic E-state index is -0.0607. The van der Waals surface area contributed by atoms with Gasteiger partial charge in [0.25, 0.3) is 0 Å². The van der Waals surface area contributed by atoms with E-state index in [1.54, 1.807) is 34.4 Å². The molecule has 11 heteroatoms. The molecule has 2 aromatic carbocycles. The number of methoxy groups -OCH3 is 1. The number of carbonyl (C=O) groups excluding carboxylic acids is 1. The number of anilines is 4. The Hall–Kier alpha value is -4.22. The number of rotatable bonds is 6. The molecule has 0 bridgehead atoms. The maximum atomic E-state index is 13.4. The van der Waals surface area contributed by atoms with Gasteiger partial charge in [0.1, 0.15) is 11.4 Å². The first kappa shape index (κ1) is 24.1. The number of nitrogens with two attached hydrogens (primary N) is 1. The number of ether oxygens (including phenoxy) is 2. The standard InChI is InChI=1S/C27H27N7O3S/c1-36-21-7-5-19(6-8-21)33-11-12-34(27(33)35)20-4-2-3-18(17-20)24-23(22-9-10-29-25(28)30-22)31-26(38-24)32-13-15-37-16-14-32/h2-10,17H,11-16H2,1H3,(H2,28,29,30). The van der Waals surface area contributed by atoms with Crippen LogP contribution in [0.2, 0.25) is 0 Å². The van der Waals surface area contributed by atoms with Crippen molar-refractivity contribution >= 4 is 39.8 Å². The van der Waals surface area contributed by atoms with Crippen LogP contribution in [0.5, 0.6) is 5.75 Å². The molecule has 0 aliphatic carbocycles. The quantitative estimate of drug-likeness (QED) is 0.397. The van der Waals surface area contributed by atoms with E-state index in [0.29, 0.717) is 32.0 Å². The molecule has 2 N–H and O–H groups in total. The molecular formula is C27H27N7O3S. The summed E-state index contributed by atoms with van der Waals surface area (Å²) < 4.78 is 10.8. The Labute approximate surface area is 224 Å². The Balaban J connectivity index is 1.34. The summed E-state index contributed by atoms with van der Waals surface area (Å²) in [7, 11) is 1.63. The van der Waals surface area contributed by atoms with Crippen molar-refractivity contribution in [1.29, 1.82) is 0 Å². The Morgan fingerprint density at radius 2 is 1.71 bits per heavy atom. The molecule has 4 aromatic rings. The summed E-state index contributed by atoms with van der Waals surface area (Å²) in [6.45, 7) is 4.08. The van der Waals surface area contributed by atoms with E-state index >= 15 is 0 Å². The Morgan fingerprint density at radius 3 is 2.45 bits per heavy atom. The van der Waals surface area contributed by atoms with Gasteiger partial charge in [0.2, 0.25) is 5.95 Å². The lowest BCUT2D eigenvalue weighted by Crippen LogP contribution is -2.36. The minimum absolute atomic E-state index is 0.0607. The maximum absolute atomic E-state index is 13.4. The second kappa shape index (κ2) is 10.3. The summed E-state index contributed by atoms with van der Waals surface area (Å²) in [5.74, 6) is 0.955. The zero-order valence-corrected chi connectivity index (χ0v) is 21.7. The fraction of sp³-hybridized carbons (Fsp3) is 0.259. The number of benzene rings is 2. The average molecular weight is 530 g/mol. The van der Waals surface area contributed by atoms with Gasteiger partial charge in [-0.3, -0.25) is 9.80 Å². The van der Waals surface area contributed by atoms with E-state index in [-0.39, 0.29) is 12.0 Å². The van der Waals surface area contributed by atoms with E-state index in [4.69, 9.17) is 20.2 Å². The second-order valence-electron chi connectivity index (χ2n) is 8.91. The van der Waals surface area contributed by atoms with Gasteiger partial charge in [0.05, 0.1) is 30.9 Å². The Kier molecular flexibility index (Phi) is 6.52. The molecule has 2 fully saturated rings. The third kappa shape index (κ3) is 4.61. The normalized spacial score (nSPS) is 15.8. The number of urea groups is 1. The van der Waals surface area contributed by atoms with E-state index in [1.807, 2.05) is 54.6 Å². The summed E-state index contributed by atoms with van der Waals surface area (Å²) >= 11 is 1.61. The molecule has 0 unspecified atom stereocenters. The Morgan fingerprint density at radius 1 is 0.947 bits per heavy atom. The van der Waals surface area contributed by atoms with Crippen molar-refractivity contribution < 1.29 is 14.3 Å². The molecule has 10 nitrogen and oxygen atoms in total. The number of carbonyl (C=O) groups is 1. The van der Waals surface area contributed by atoms with Crippen LogP contribution >= 0.6 is 11.3 Å². The zero-order chi connectivity index (χ0) is 26.1. The minimum Gasteiger partial charge on any atom is -0.497 e. The largest absolute Gasteiger partial charge is 0.497 e. The third-order valence-electron chi connectivity index (χ3n) is 6.63. The van der Waals surface area contributed by atoms with Crippen molar-refractivity contribution in [3.63, 3.8) is 0 Å². The first-order chi connectivity index (χ1) is 18.6. The van der Waals surface area contributed by atoms with Crippen LogP contribution < -0.4 is 25.2 Å². The van der Waals surface area contributed by atoms with Crippen LogP contribution in [-0.4, -0.2) is 67.5 Å². The second-order valence-corrected chi connectivity index (χ2v) is 9.89. The molecule has 0 spiro atoms. The summed E-state index contributed by atoms with van der Waals surface area (Å²) in [5, 5.41) is 0.906. The van der Waals surface area contributed by atoms with Gasteiger partial charge < -0.3 is 20.1 Å².